The smallest absolute Gasteiger partial charge is 0.257 e. The van der Waals surface area contributed by atoms with E-state index in [1.54, 1.807) is 6.07 Å². The number of hydrogen-bond acceptors (Lipinski definition) is 4. The van der Waals surface area contributed by atoms with Gasteiger partial charge in [-0.15, -0.1) is 0 Å². The third-order valence-electron chi connectivity index (χ3n) is 2.44. The molecule has 1 amide bonds. The molecule has 0 fully saturated rings. The predicted octanol–water partition coefficient (Wildman–Crippen LogP) is 1.34. The maximum Gasteiger partial charge on any atom is 0.257 e. The summed E-state index contributed by atoms with van der Waals surface area (Å²) in [5, 5.41) is 13.9. The van der Waals surface area contributed by atoms with Gasteiger partial charge in [-0.1, -0.05) is 6.92 Å². The van der Waals surface area contributed by atoms with E-state index in [1.807, 2.05) is 13.0 Å². The molecule has 0 aliphatic carbocycles. The molecule has 1 aromatic rings. The monoisotopic (exact) mass is 279 g/mol. The number of carbonyl (C=O) groups is 1. The molecule has 0 aliphatic rings. The fourth-order valence-corrected chi connectivity index (χ4v) is 1.53. The van der Waals surface area contributed by atoms with E-state index >= 15 is 0 Å². The van der Waals surface area contributed by atoms with Crippen molar-refractivity contribution in [2.24, 2.45) is 0 Å². The van der Waals surface area contributed by atoms with E-state index in [0.29, 0.717) is 12.3 Å². The Morgan fingerprint density at radius 3 is 2.95 bits per heavy atom. The summed E-state index contributed by atoms with van der Waals surface area (Å²) in [7, 11) is 0. The molecule has 1 rings (SSSR count). The Balaban J connectivity index is 2.48. The fourth-order valence-electron chi connectivity index (χ4n) is 1.53. The Bertz CT molecular complexity index is 486. The maximum absolute atomic E-state index is 13.4. The lowest BCUT2D eigenvalue weighted by atomic mass is 10.2. The van der Waals surface area contributed by atoms with Crippen LogP contribution in [0.15, 0.2) is 18.2 Å². The third-order valence-corrected chi connectivity index (χ3v) is 2.44. The topological polar surface area (TPSA) is 74.2 Å². The van der Waals surface area contributed by atoms with Crippen LogP contribution in [0.3, 0.4) is 0 Å². The molecule has 0 saturated carbocycles. The van der Waals surface area contributed by atoms with Gasteiger partial charge in [0, 0.05) is 19.2 Å². The molecule has 0 radical (unpaired) electrons. The molecule has 0 atom stereocenters. The Morgan fingerprint density at radius 2 is 2.25 bits per heavy atom. The average Bonchev–Trinajstić information content (AvgIpc) is 2.43. The zero-order valence-electron chi connectivity index (χ0n) is 11.4. The normalized spacial score (nSPS) is 9.85. The lowest BCUT2D eigenvalue weighted by molar-refractivity contribution is -0.123. The van der Waals surface area contributed by atoms with Gasteiger partial charge in [0.2, 0.25) is 0 Å². The van der Waals surface area contributed by atoms with Gasteiger partial charge in [-0.25, -0.2) is 4.39 Å². The van der Waals surface area contributed by atoms with E-state index in [4.69, 9.17) is 10.00 Å². The van der Waals surface area contributed by atoms with Crippen LogP contribution >= 0.6 is 0 Å². The standard InChI is InChI=1S/C14H18FN3O2/c1-2-17-9-11-6-12(15)8-13(7-11)20-10-14(19)18-5-3-4-16/h6-8,17H,2-3,5,9-10H2,1H3,(H,18,19). The maximum atomic E-state index is 13.4. The zero-order chi connectivity index (χ0) is 14.8. The molecule has 0 unspecified atom stereocenters. The molecule has 2 N–H and O–H groups in total. The Morgan fingerprint density at radius 1 is 1.45 bits per heavy atom. The summed E-state index contributed by atoms with van der Waals surface area (Å²) in [6.45, 7) is 3.37. The summed E-state index contributed by atoms with van der Waals surface area (Å²) in [5.41, 5.74) is 0.756. The average molecular weight is 279 g/mol. The van der Waals surface area contributed by atoms with E-state index in [1.165, 1.54) is 12.1 Å². The van der Waals surface area contributed by atoms with Crippen LogP contribution in [-0.4, -0.2) is 25.6 Å². The molecule has 0 saturated heterocycles. The third kappa shape index (κ3) is 6.16. The minimum atomic E-state index is -0.403. The largest absolute Gasteiger partial charge is 0.484 e. The quantitative estimate of drug-likeness (QED) is 0.704. The van der Waals surface area contributed by atoms with Crippen molar-refractivity contribution in [3.8, 4) is 11.8 Å². The summed E-state index contributed by atoms with van der Waals surface area (Å²) < 4.78 is 18.6. The number of hydrogen-bond donors (Lipinski definition) is 2. The van der Waals surface area contributed by atoms with Crippen molar-refractivity contribution in [1.29, 1.82) is 5.26 Å². The van der Waals surface area contributed by atoms with Crippen molar-refractivity contribution < 1.29 is 13.9 Å². The van der Waals surface area contributed by atoms with Crippen LogP contribution in [0.4, 0.5) is 4.39 Å². The summed E-state index contributed by atoms with van der Waals surface area (Å²) in [5.74, 6) is -0.425. The first-order valence-corrected chi connectivity index (χ1v) is 6.42. The second kappa shape index (κ2) is 8.88. The van der Waals surface area contributed by atoms with Crippen LogP contribution < -0.4 is 15.4 Å². The van der Waals surface area contributed by atoms with Crippen LogP contribution in [0, 0.1) is 17.1 Å². The highest BCUT2D eigenvalue weighted by Gasteiger charge is 2.05. The minimum Gasteiger partial charge on any atom is -0.484 e. The lowest BCUT2D eigenvalue weighted by Crippen LogP contribution is -2.29. The predicted molar refractivity (Wildman–Crippen MR) is 72.5 cm³/mol. The highest BCUT2D eigenvalue weighted by molar-refractivity contribution is 5.77. The number of rotatable bonds is 8. The SMILES string of the molecule is CCNCc1cc(F)cc(OCC(=O)NCCC#N)c1. The molecule has 0 aliphatic heterocycles. The summed E-state index contributed by atoms with van der Waals surface area (Å²) in [6.07, 6.45) is 0.249. The summed E-state index contributed by atoms with van der Waals surface area (Å²) in [6, 6.07) is 6.26. The van der Waals surface area contributed by atoms with Gasteiger partial charge >= 0.3 is 0 Å². The first-order valence-electron chi connectivity index (χ1n) is 6.42. The highest BCUT2D eigenvalue weighted by Crippen LogP contribution is 2.16. The van der Waals surface area contributed by atoms with E-state index in [0.717, 1.165) is 12.1 Å². The highest BCUT2D eigenvalue weighted by atomic mass is 19.1. The first-order chi connectivity index (χ1) is 9.65. The van der Waals surface area contributed by atoms with Crippen LogP contribution in [0.2, 0.25) is 0 Å². The number of amides is 1. The van der Waals surface area contributed by atoms with E-state index in [-0.39, 0.29) is 25.5 Å². The Kier molecular flexibility index (Phi) is 7.07. The fraction of sp³-hybridized carbons (Fsp3) is 0.429. The van der Waals surface area contributed by atoms with Gasteiger partial charge < -0.3 is 15.4 Å². The number of nitrogens with one attached hydrogen (secondary N) is 2. The molecule has 0 heterocycles. The molecule has 108 valence electrons. The lowest BCUT2D eigenvalue weighted by Gasteiger charge is -2.09. The van der Waals surface area contributed by atoms with Gasteiger partial charge in [-0.3, -0.25) is 4.79 Å². The van der Waals surface area contributed by atoms with Gasteiger partial charge in [0.15, 0.2) is 6.61 Å². The van der Waals surface area contributed by atoms with Gasteiger partial charge in [0.05, 0.1) is 12.5 Å². The molecule has 20 heavy (non-hydrogen) atoms. The summed E-state index contributed by atoms with van der Waals surface area (Å²) in [4.78, 5) is 11.4. The molecule has 5 nitrogen and oxygen atoms in total. The van der Waals surface area contributed by atoms with Crippen molar-refractivity contribution in [1.82, 2.24) is 10.6 Å². The number of nitriles is 1. The molecule has 0 spiro atoms. The molecule has 0 bridgehead atoms. The summed E-state index contributed by atoms with van der Waals surface area (Å²) >= 11 is 0. The van der Waals surface area contributed by atoms with E-state index in [2.05, 4.69) is 10.6 Å². The molecule has 1 aromatic carbocycles. The van der Waals surface area contributed by atoms with Crippen LogP contribution in [0.25, 0.3) is 0 Å². The van der Waals surface area contributed by atoms with E-state index in [9.17, 15) is 9.18 Å². The van der Waals surface area contributed by atoms with Crippen molar-refractivity contribution in [2.75, 3.05) is 19.7 Å². The molecule has 0 aromatic heterocycles. The Labute approximate surface area is 117 Å². The van der Waals surface area contributed by atoms with Gasteiger partial charge in [-0.2, -0.15) is 5.26 Å². The Hall–Kier alpha value is -2.13. The molecular weight excluding hydrogens is 261 g/mol. The second-order valence-electron chi connectivity index (χ2n) is 4.12. The number of halogens is 1. The number of carbonyl (C=O) groups excluding carboxylic acids is 1. The first kappa shape index (κ1) is 15.9. The van der Waals surface area contributed by atoms with Crippen molar-refractivity contribution in [3.05, 3.63) is 29.6 Å². The number of ether oxygens (including phenoxy) is 1. The van der Waals surface area contributed by atoms with Crippen molar-refractivity contribution in [2.45, 2.75) is 19.9 Å². The van der Waals surface area contributed by atoms with Crippen molar-refractivity contribution >= 4 is 5.91 Å². The molecular formula is C14H18FN3O2. The van der Waals surface area contributed by atoms with E-state index < -0.39 is 5.82 Å². The second-order valence-corrected chi connectivity index (χ2v) is 4.12. The van der Waals surface area contributed by atoms with Crippen molar-refractivity contribution in [3.63, 3.8) is 0 Å². The van der Waals surface area contributed by atoms with Crippen LogP contribution in [-0.2, 0) is 11.3 Å². The number of benzene rings is 1. The van der Waals surface area contributed by atoms with Crippen LogP contribution in [0.5, 0.6) is 5.75 Å². The van der Waals surface area contributed by atoms with Crippen LogP contribution in [0.1, 0.15) is 18.9 Å². The zero-order valence-corrected chi connectivity index (χ0v) is 11.4. The van der Waals surface area contributed by atoms with Gasteiger partial charge in [0.1, 0.15) is 11.6 Å². The van der Waals surface area contributed by atoms with Gasteiger partial charge in [-0.05, 0) is 24.2 Å². The number of nitrogens with zero attached hydrogens (tertiary/aromatic N) is 1. The van der Waals surface area contributed by atoms with Gasteiger partial charge in [0.25, 0.3) is 5.91 Å². The molecule has 6 heteroatoms. The minimum absolute atomic E-state index is 0.199.